The van der Waals surface area contributed by atoms with E-state index in [0.29, 0.717) is 19.0 Å². The lowest BCUT2D eigenvalue weighted by Crippen LogP contribution is -2.39. The zero-order valence-electron chi connectivity index (χ0n) is 16.0. The van der Waals surface area contributed by atoms with Gasteiger partial charge in [-0.05, 0) is 49.3 Å². The summed E-state index contributed by atoms with van der Waals surface area (Å²) in [5, 5.41) is 18.6. The molecule has 1 aliphatic heterocycles. The van der Waals surface area contributed by atoms with E-state index in [2.05, 4.69) is 27.5 Å². The normalized spacial score (nSPS) is 24.3. The van der Waals surface area contributed by atoms with Gasteiger partial charge in [0.25, 0.3) is 11.8 Å². The first-order chi connectivity index (χ1) is 13.9. The van der Waals surface area contributed by atoms with Crippen LogP contribution in [0.25, 0.3) is 0 Å². The third-order valence-electron chi connectivity index (χ3n) is 5.91. The highest BCUT2D eigenvalue weighted by Crippen LogP contribution is 2.36. The van der Waals surface area contributed by atoms with E-state index in [1.165, 1.54) is 5.56 Å². The number of hydrogen-bond acceptors (Lipinski definition) is 5. The molecule has 0 radical (unpaired) electrons. The van der Waals surface area contributed by atoms with Gasteiger partial charge in [0, 0.05) is 31.6 Å². The molecule has 1 saturated carbocycles. The van der Waals surface area contributed by atoms with Crippen LogP contribution >= 0.6 is 0 Å². The Morgan fingerprint density at radius 2 is 1.79 bits per heavy atom. The molecule has 4 rings (SSSR count). The Bertz CT molecular complexity index is 838. The van der Waals surface area contributed by atoms with E-state index in [9.17, 15) is 13.6 Å². The molecule has 0 atom stereocenters. The van der Waals surface area contributed by atoms with Gasteiger partial charge in [-0.2, -0.15) is 0 Å². The van der Waals surface area contributed by atoms with Crippen molar-refractivity contribution in [3.8, 4) is 5.88 Å². The van der Waals surface area contributed by atoms with Crippen molar-refractivity contribution in [3.63, 3.8) is 0 Å². The molecule has 0 bridgehead atoms. The molecule has 1 aromatic carbocycles. The van der Waals surface area contributed by atoms with Crippen molar-refractivity contribution in [2.24, 2.45) is 0 Å². The second-order valence-corrected chi connectivity index (χ2v) is 7.82. The van der Waals surface area contributed by atoms with E-state index in [4.69, 9.17) is 9.84 Å². The summed E-state index contributed by atoms with van der Waals surface area (Å²) in [5.74, 6) is -3.23. The molecule has 0 unspecified atom stereocenters. The molecule has 2 fully saturated rings. The molecule has 1 aromatic heterocycles. The predicted molar refractivity (Wildman–Crippen MR) is 102 cm³/mol. The van der Waals surface area contributed by atoms with Crippen molar-refractivity contribution in [3.05, 3.63) is 35.5 Å². The van der Waals surface area contributed by atoms with Crippen LogP contribution in [-0.2, 0) is 0 Å². The van der Waals surface area contributed by atoms with E-state index in [0.717, 1.165) is 31.4 Å². The molecule has 2 aromatic rings. The number of H-pyrrole nitrogens is 1. The van der Waals surface area contributed by atoms with Gasteiger partial charge < -0.3 is 14.7 Å². The summed E-state index contributed by atoms with van der Waals surface area (Å²) in [5.41, 5.74) is 2.11. The number of aromatic amines is 1. The second-order valence-electron chi connectivity index (χ2n) is 7.82. The van der Waals surface area contributed by atoms with Crippen LogP contribution in [0, 0.1) is 0 Å². The third kappa shape index (κ3) is 4.49. The first-order valence-electron chi connectivity index (χ1n) is 9.95. The number of rotatable bonds is 5. The fourth-order valence-corrected chi connectivity index (χ4v) is 4.16. The number of nitrogens with zero attached hydrogens (tertiary/aromatic N) is 3. The van der Waals surface area contributed by atoms with E-state index in [1.54, 1.807) is 0 Å². The molecule has 9 heteroatoms. The van der Waals surface area contributed by atoms with Crippen LogP contribution in [0.4, 0.5) is 14.5 Å². The Morgan fingerprint density at radius 1 is 1.14 bits per heavy atom. The zero-order chi connectivity index (χ0) is 20.4. The third-order valence-corrected chi connectivity index (χ3v) is 5.91. The smallest absolute Gasteiger partial charge is 0.359 e. The highest BCUT2D eigenvalue weighted by molar-refractivity contribution is 5.87. The number of nitrogens with one attached hydrogen (secondary N) is 1. The highest BCUT2D eigenvalue weighted by atomic mass is 19.3. The first-order valence-corrected chi connectivity index (χ1v) is 9.95. The Labute approximate surface area is 167 Å². The Kier molecular flexibility index (Phi) is 5.38. The standard InChI is InChI=1S/C20H24F2N4O3/c21-20(22)9-11-26(12-10-20)15-5-1-13(2-6-15)14-3-7-16(8-4-14)29-18-17(19(27)28)23-25-24-18/h1-2,5-6,14,16H,3-4,7-12H2,(H,27,28)(H,23,24,25). The maximum Gasteiger partial charge on any atom is 0.359 e. The molecule has 2 N–H and O–H groups in total. The van der Waals surface area contributed by atoms with Crippen molar-refractivity contribution < 1.29 is 23.4 Å². The van der Waals surface area contributed by atoms with Crippen molar-refractivity contribution >= 4 is 11.7 Å². The molecular formula is C20H24F2N4O3. The van der Waals surface area contributed by atoms with Crippen LogP contribution < -0.4 is 9.64 Å². The minimum Gasteiger partial charge on any atom is -0.476 e. The zero-order valence-corrected chi connectivity index (χ0v) is 16.0. The van der Waals surface area contributed by atoms with Crippen LogP contribution in [0.3, 0.4) is 0 Å². The number of benzene rings is 1. The van der Waals surface area contributed by atoms with Crippen LogP contribution in [0.1, 0.15) is 60.5 Å². The van der Waals surface area contributed by atoms with Gasteiger partial charge in [-0.1, -0.05) is 22.4 Å². The average Bonchev–Trinajstić information content (AvgIpc) is 3.17. The fourth-order valence-electron chi connectivity index (χ4n) is 4.16. The van der Waals surface area contributed by atoms with Crippen molar-refractivity contribution in [1.29, 1.82) is 0 Å². The molecular weight excluding hydrogens is 382 g/mol. The van der Waals surface area contributed by atoms with E-state index in [-0.39, 0.29) is 30.5 Å². The lowest BCUT2D eigenvalue weighted by molar-refractivity contribution is -0.0220. The maximum atomic E-state index is 13.3. The van der Waals surface area contributed by atoms with Crippen molar-refractivity contribution in [1.82, 2.24) is 15.4 Å². The molecule has 2 heterocycles. The average molecular weight is 406 g/mol. The lowest BCUT2D eigenvalue weighted by atomic mass is 9.82. The summed E-state index contributed by atoms with van der Waals surface area (Å²) in [6, 6.07) is 8.23. The summed E-state index contributed by atoms with van der Waals surface area (Å²) in [7, 11) is 0. The van der Waals surface area contributed by atoms with Crippen molar-refractivity contribution in [2.75, 3.05) is 18.0 Å². The second kappa shape index (κ2) is 7.96. The Balaban J connectivity index is 1.31. The molecule has 29 heavy (non-hydrogen) atoms. The monoisotopic (exact) mass is 406 g/mol. The Morgan fingerprint density at radius 3 is 2.41 bits per heavy atom. The molecule has 0 amide bonds. The van der Waals surface area contributed by atoms with Gasteiger partial charge in [-0.25, -0.2) is 18.7 Å². The number of aromatic nitrogens is 3. The fraction of sp³-hybridized carbons (Fsp3) is 0.550. The number of halogens is 2. The number of hydrogen-bond donors (Lipinski definition) is 2. The van der Waals surface area contributed by atoms with Gasteiger partial charge >= 0.3 is 5.97 Å². The summed E-state index contributed by atoms with van der Waals surface area (Å²) >= 11 is 0. The molecule has 156 valence electrons. The largest absolute Gasteiger partial charge is 0.476 e. The highest BCUT2D eigenvalue weighted by Gasteiger charge is 2.34. The predicted octanol–water partition coefficient (Wildman–Crippen LogP) is 3.84. The minimum absolute atomic E-state index is 0.0393. The van der Waals surface area contributed by atoms with E-state index >= 15 is 0 Å². The van der Waals surface area contributed by atoms with Crippen LogP contribution in [0.15, 0.2) is 24.3 Å². The molecule has 7 nitrogen and oxygen atoms in total. The van der Waals surface area contributed by atoms with Gasteiger partial charge in [0.05, 0.1) is 0 Å². The van der Waals surface area contributed by atoms with Gasteiger partial charge in [-0.15, -0.1) is 0 Å². The number of carboxylic acid groups (broad SMARTS) is 1. The first kappa shape index (κ1) is 19.6. The lowest BCUT2D eigenvalue weighted by Gasteiger charge is -2.34. The number of alkyl halides is 2. The summed E-state index contributed by atoms with van der Waals surface area (Å²) in [6.45, 7) is 0.768. The summed E-state index contributed by atoms with van der Waals surface area (Å²) in [4.78, 5) is 13.1. The van der Waals surface area contributed by atoms with E-state index < -0.39 is 11.9 Å². The quantitative estimate of drug-likeness (QED) is 0.784. The van der Waals surface area contributed by atoms with Crippen LogP contribution in [-0.4, -0.2) is 51.6 Å². The van der Waals surface area contributed by atoms with Crippen molar-refractivity contribution in [2.45, 2.75) is 56.5 Å². The van der Waals surface area contributed by atoms with Crippen LogP contribution in [0.2, 0.25) is 0 Å². The summed E-state index contributed by atoms with van der Waals surface area (Å²) in [6.07, 6.45) is 3.21. The number of ether oxygens (including phenoxy) is 1. The topological polar surface area (TPSA) is 91.3 Å². The van der Waals surface area contributed by atoms with Gasteiger partial charge in [0.1, 0.15) is 6.10 Å². The number of aromatic carboxylic acids is 1. The van der Waals surface area contributed by atoms with E-state index in [1.807, 2.05) is 17.0 Å². The molecule has 0 spiro atoms. The minimum atomic E-state index is -2.53. The SMILES string of the molecule is O=C(O)c1[nH]nnc1OC1CCC(c2ccc(N3CCC(F)(F)CC3)cc2)CC1. The van der Waals surface area contributed by atoms with Gasteiger partial charge in [0.15, 0.2) is 0 Å². The molecule has 1 aliphatic carbocycles. The van der Waals surface area contributed by atoms with Gasteiger partial charge in [-0.3, -0.25) is 0 Å². The molecule has 2 aliphatic rings. The number of piperidine rings is 1. The molecule has 1 saturated heterocycles. The number of anilines is 1. The summed E-state index contributed by atoms with van der Waals surface area (Å²) < 4.78 is 32.4. The maximum absolute atomic E-state index is 13.3. The van der Waals surface area contributed by atoms with Gasteiger partial charge in [0.2, 0.25) is 5.69 Å². The Hall–Kier alpha value is -2.71. The number of carboxylic acids is 1. The number of carbonyl (C=O) groups is 1. The van der Waals surface area contributed by atoms with Crippen LogP contribution in [0.5, 0.6) is 5.88 Å².